The quantitative estimate of drug-likeness (QED) is 0.306. The normalized spacial score (nSPS) is 20.0. The lowest BCUT2D eigenvalue weighted by molar-refractivity contribution is 0.0950. The van der Waals surface area contributed by atoms with Crippen molar-refractivity contribution < 1.29 is 19.0 Å². The summed E-state index contributed by atoms with van der Waals surface area (Å²) in [5.74, 6) is -0.379. The van der Waals surface area contributed by atoms with Crippen molar-refractivity contribution in [3.63, 3.8) is 0 Å². The molecule has 2 rings (SSSR count). The summed E-state index contributed by atoms with van der Waals surface area (Å²) in [7, 11) is 1.66. The number of carbonyl (C=O) groups excluding carboxylic acids is 1. The number of guanidine groups is 1. The zero-order chi connectivity index (χ0) is 18.8. The molecule has 0 aliphatic carbocycles. The monoisotopic (exact) mass is 366 g/mol. The number of ether oxygens (including phenoxy) is 1. The van der Waals surface area contributed by atoms with Gasteiger partial charge < -0.3 is 25.8 Å². The first-order chi connectivity index (χ1) is 12.6. The number of hydrogen-bond acceptors (Lipinski definition) is 4. The number of aliphatic hydroxyl groups excluding tert-OH is 1. The predicted molar refractivity (Wildman–Crippen MR) is 97.7 cm³/mol. The summed E-state index contributed by atoms with van der Waals surface area (Å²) in [5, 5.41) is 18.3. The highest BCUT2D eigenvalue weighted by Crippen LogP contribution is 2.31. The maximum Gasteiger partial charge on any atom is 0.254 e. The lowest BCUT2D eigenvalue weighted by atomic mass is 9.84. The minimum absolute atomic E-state index is 0.0298. The van der Waals surface area contributed by atoms with Crippen LogP contribution >= 0.6 is 0 Å². The highest BCUT2D eigenvalue weighted by molar-refractivity contribution is 5.94. The number of carbonyl (C=O) groups is 1. The second-order valence-corrected chi connectivity index (χ2v) is 6.36. The SMILES string of the molecule is CN=C(NCCNC(=O)c1ccccc1F)NCC1(CCO)CCOC1. The number of halogens is 1. The van der Waals surface area contributed by atoms with Gasteiger partial charge in [0.05, 0.1) is 12.2 Å². The summed E-state index contributed by atoms with van der Waals surface area (Å²) < 4.78 is 19.0. The summed E-state index contributed by atoms with van der Waals surface area (Å²) in [6.45, 7) is 2.88. The molecule has 1 fully saturated rings. The average molecular weight is 366 g/mol. The number of nitrogens with one attached hydrogen (secondary N) is 3. The molecule has 1 heterocycles. The molecule has 1 atom stereocenters. The van der Waals surface area contributed by atoms with Gasteiger partial charge in [0.2, 0.25) is 0 Å². The van der Waals surface area contributed by atoms with Crippen LogP contribution < -0.4 is 16.0 Å². The Morgan fingerprint density at radius 1 is 1.31 bits per heavy atom. The summed E-state index contributed by atoms with van der Waals surface area (Å²) >= 11 is 0. The van der Waals surface area contributed by atoms with Gasteiger partial charge in [0.15, 0.2) is 5.96 Å². The number of aliphatic imine (C=N–C) groups is 1. The van der Waals surface area contributed by atoms with Crippen molar-refractivity contribution in [2.75, 3.05) is 46.5 Å². The van der Waals surface area contributed by atoms with E-state index in [0.717, 1.165) is 6.42 Å². The van der Waals surface area contributed by atoms with Gasteiger partial charge in [-0.25, -0.2) is 4.39 Å². The number of nitrogens with zero attached hydrogens (tertiary/aromatic N) is 1. The van der Waals surface area contributed by atoms with Crippen LogP contribution in [0.5, 0.6) is 0 Å². The minimum atomic E-state index is -0.539. The van der Waals surface area contributed by atoms with E-state index < -0.39 is 11.7 Å². The van der Waals surface area contributed by atoms with E-state index in [1.54, 1.807) is 19.2 Å². The predicted octanol–water partition coefficient (Wildman–Crippen LogP) is 0.510. The van der Waals surface area contributed by atoms with Crippen LogP contribution in [0.2, 0.25) is 0 Å². The van der Waals surface area contributed by atoms with Gasteiger partial charge in [-0.1, -0.05) is 12.1 Å². The number of hydrogen-bond donors (Lipinski definition) is 4. The molecule has 1 aliphatic heterocycles. The Hall–Kier alpha value is -2.19. The molecule has 1 amide bonds. The molecular weight excluding hydrogens is 339 g/mol. The van der Waals surface area contributed by atoms with Crippen LogP contribution in [0.1, 0.15) is 23.2 Å². The van der Waals surface area contributed by atoms with E-state index in [0.29, 0.717) is 45.2 Å². The molecule has 1 aliphatic rings. The third-order valence-electron chi connectivity index (χ3n) is 4.50. The highest BCUT2D eigenvalue weighted by Gasteiger charge is 2.34. The fourth-order valence-corrected chi connectivity index (χ4v) is 2.90. The van der Waals surface area contributed by atoms with Gasteiger partial charge in [-0.3, -0.25) is 9.79 Å². The number of rotatable bonds is 8. The van der Waals surface area contributed by atoms with Crippen LogP contribution in [0.4, 0.5) is 4.39 Å². The average Bonchev–Trinajstić information content (AvgIpc) is 3.10. The maximum absolute atomic E-state index is 13.5. The topological polar surface area (TPSA) is 95.0 Å². The molecule has 144 valence electrons. The van der Waals surface area contributed by atoms with E-state index in [1.807, 2.05) is 0 Å². The summed E-state index contributed by atoms with van der Waals surface area (Å²) in [6.07, 6.45) is 1.58. The molecule has 1 saturated heterocycles. The molecule has 1 aromatic carbocycles. The van der Waals surface area contributed by atoms with Crippen LogP contribution in [-0.4, -0.2) is 63.5 Å². The van der Waals surface area contributed by atoms with Crippen LogP contribution in [0.15, 0.2) is 29.3 Å². The first-order valence-electron chi connectivity index (χ1n) is 8.76. The van der Waals surface area contributed by atoms with Crippen LogP contribution in [0.3, 0.4) is 0 Å². The van der Waals surface area contributed by atoms with Gasteiger partial charge in [0.25, 0.3) is 5.91 Å². The molecule has 4 N–H and O–H groups in total. The molecule has 8 heteroatoms. The van der Waals surface area contributed by atoms with Gasteiger partial charge in [-0.2, -0.15) is 0 Å². The molecule has 1 aromatic rings. The standard InChI is InChI=1S/C18H27FN4O3/c1-20-17(23-12-18(6-10-24)7-11-26-13-18)22-9-8-21-16(25)14-4-2-3-5-15(14)19/h2-5,24H,6-13H2,1H3,(H,21,25)(H2,20,22,23). The van der Waals surface area contributed by atoms with Gasteiger partial charge in [-0.15, -0.1) is 0 Å². The van der Waals surface area contributed by atoms with Gasteiger partial charge >= 0.3 is 0 Å². The Labute approximate surface area is 153 Å². The van der Waals surface area contributed by atoms with E-state index in [9.17, 15) is 14.3 Å². The number of aliphatic hydroxyl groups is 1. The van der Waals surface area contributed by atoms with Crippen LogP contribution in [0.25, 0.3) is 0 Å². The summed E-state index contributed by atoms with van der Waals surface area (Å²) in [4.78, 5) is 16.1. The third-order valence-corrected chi connectivity index (χ3v) is 4.50. The molecule has 0 saturated carbocycles. The Morgan fingerprint density at radius 2 is 2.08 bits per heavy atom. The molecule has 0 radical (unpaired) electrons. The first-order valence-corrected chi connectivity index (χ1v) is 8.76. The van der Waals surface area contributed by atoms with E-state index in [1.165, 1.54) is 12.1 Å². The maximum atomic E-state index is 13.5. The van der Waals surface area contributed by atoms with Crippen molar-refractivity contribution in [3.8, 4) is 0 Å². The van der Waals surface area contributed by atoms with Gasteiger partial charge in [0, 0.05) is 45.3 Å². The van der Waals surface area contributed by atoms with Crippen LogP contribution in [-0.2, 0) is 4.74 Å². The third kappa shape index (κ3) is 5.67. The lowest BCUT2D eigenvalue weighted by Gasteiger charge is -2.27. The van der Waals surface area contributed by atoms with E-state index in [-0.39, 0.29) is 17.6 Å². The fourth-order valence-electron chi connectivity index (χ4n) is 2.90. The molecule has 7 nitrogen and oxygen atoms in total. The molecule has 0 spiro atoms. The molecule has 26 heavy (non-hydrogen) atoms. The van der Waals surface area contributed by atoms with Gasteiger partial charge in [0.1, 0.15) is 5.82 Å². The number of benzene rings is 1. The minimum Gasteiger partial charge on any atom is -0.396 e. The van der Waals surface area contributed by atoms with Crippen molar-refractivity contribution in [2.45, 2.75) is 12.8 Å². The van der Waals surface area contributed by atoms with Gasteiger partial charge in [-0.05, 0) is 25.0 Å². The first kappa shape index (κ1) is 20.1. The molecule has 1 unspecified atom stereocenters. The highest BCUT2D eigenvalue weighted by atomic mass is 19.1. The number of amides is 1. The Bertz CT molecular complexity index is 618. The van der Waals surface area contributed by atoms with Crippen molar-refractivity contribution in [2.24, 2.45) is 10.4 Å². The van der Waals surface area contributed by atoms with E-state index >= 15 is 0 Å². The molecule has 0 bridgehead atoms. The molecular formula is C18H27FN4O3. The second-order valence-electron chi connectivity index (χ2n) is 6.36. The Balaban J connectivity index is 1.72. The Morgan fingerprint density at radius 3 is 2.73 bits per heavy atom. The largest absolute Gasteiger partial charge is 0.396 e. The Kier molecular flexibility index (Phi) is 7.80. The summed E-state index contributed by atoms with van der Waals surface area (Å²) in [5.41, 5.74) is -0.0482. The van der Waals surface area contributed by atoms with Crippen molar-refractivity contribution >= 4 is 11.9 Å². The fraction of sp³-hybridized carbons (Fsp3) is 0.556. The second kappa shape index (κ2) is 10.1. The summed E-state index contributed by atoms with van der Waals surface area (Å²) in [6, 6.07) is 5.87. The van der Waals surface area contributed by atoms with Crippen molar-refractivity contribution in [1.29, 1.82) is 0 Å². The van der Waals surface area contributed by atoms with Crippen molar-refractivity contribution in [3.05, 3.63) is 35.6 Å². The lowest BCUT2D eigenvalue weighted by Crippen LogP contribution is -2.46. The molecule has 0 aromatic heterocycles. The smallest absolute Gasteiger partial charge is 0.254 e. The van der Waals surface area contributed by atoms with E-state index in [4.69, 9.17) is 4.74 Å². The van der Waals surface area contributed by atoms with Crippen molar-refractivity contribution in [1.82, 2.24) is 16.0 Å². The van der Waals surface area contributed by atoms with E-state index in [2.05, 4.69) is 20.9 Å². The zero-order valence-electron chi connectivity index (χ0n) is 15.1. The zero-order valence-corrected chi connectivity index (χ0v) is 15.1. The van der Waals surface area contributed by atoms with Crippen LogP contribution in [0, 0.1) is 11.2 Å².